The van der Waals surface area contributed by atoms with Crippen LogP contribution in [0.5, 0.6) is 11.5 Å². The molecule has 0 radical (unpaired) electrons. The molecule has 1 unspecified atom stereocenters. The minimum absolute atomic E-state index is 0.0937. The Morgan fingerprint density at radius 2 is 2.14 bits per heavy atom. The molecule has 2 N–H and O–H groups in total. The Morgan fingerprint density at radius 1 is 1.38 bits per heavy atom. The highest BCUT2D eigenvalue weighted by molar-refractivity contribution is 6.00. The van der Waals surface area contributed by atoms with Crippen molar-refractivity contribution in [2.45, 2.75) is 25.9 Å². The molecule has 1 amide bonds. The molecule has 1 aromatic rings. The van der Waals surface area contributed by atoms with Crippen molar-refractivity contribution in [2.24, 2.45) is 0 Å². The van der Waals surface area contributed by atoms with E-state index in [0.29, 0.717) is 35.8 Å². The maximum Gasteiger partial charge on any atom is 0.256 e. The van der Waals surface area contributed by atoms with Gasteiger partial charge in [-0.05, 0) is 25.8 Å². The van der Waals surface area contributed by atoms with Gasteiger partial charge in [0, 0.05) is 31.5 Å². The molecule has 6 nitrogen and oxygen atoms in total. The van der Waals surface area contributed by atoms with Gasteiger partial charge in [0.15, 0.2) is 11.5 Å². The molecule has 1 atom stereocenters. The topological polar surface area (TPSA) is 74.0 Å². The highest BCUT2D eigenvalue weighted by Crippen LogP contribution is 2.36. The van der Waals surface area contributed by atoms with E-state index in [1.807, 2.05) is 6.92 Å². The SMILES string of the molecule is CCN(CC1CCCO1)C(=O)c1cc2c(cc1N)OCO2. The van der Waals surface area contributed by atoms with Crippen LogP contribution in [0.1, 0.15) is 30.1 Å². The molecule has 6 heteroatoms. The monoisotopic (exact) mass is 292 g/mol. The molecule has 1 saturated heterocycles. The number of carbonyl (C=O) groups excluding carboxylic acids is 1. The normalized spacial score (nSPS) is 19.8. The summed E-state index contributed by atoms with van der Waals surface area (Å²) in [7, 11) is 0. The second kappa shape index (κ2) is 5.81. The van der Waals surface area contributed by atoms with E-state index in [1.165, 1.54) is 0 Å². The van der Waals surface area contributed by atoms with Crippen LogP contribution in [0.2, 0.25) is 0 Å². The van der Waals surface area contributed by atoms with Crippen LogP contribution in [0.25, 0.3) is 0 Å². The van der Waals surface area contributed by atoms with Gasteiger partial charge in [-0.2, -0.15) is 0 Å². The first-order valence-electron chi connectivity index (χ1n) is 7.29. The zero-order valence-corrected chi connectivity index (χ0v) is 12.1. The molecule has 0 aliphatic carbocycles. The number of ether oxygens (including phenoxy) is 3. The summed E-state index contributed by atoms with van der Waals surface area (Å²) in [6.07, 6.45) is 2.19. The number of nitrogens with two attached hydrogens (primary N) is 1. The standard InChI is InChI=1S/C15H20N2O4/c1-2-17(8-10-4-3-5-19-10)15(18)11-6-13-14(7-12(11)16)21-9-20-13/h6-7,10H,2-5,8-9,16H2,1H3. The molecule has 0 bridgehead atoms. The summed E-state index contributed by atoms with van der Waals surface area (Å²) in [6, 6.07) is 3.31. The first-order valence-corrected chi connectivity index (χ1v) is 7.29. The van der Waals surface area contributed by atoms with Crippen molar-refractivity contribution in [3.05, 3.63) is 17.7 Å². The maximum absolute atomic E-state index is 12.7. The number of hydrogen-bond donors (Lipinski definition) is 1. The minimum atomic E-state index is -0.0937. The second-order valence-electron chi connectivity index (χ2n) is 5.27. The van der Waals surface area contributed by atoms with E-state index in [4.69, 9.17) is 19.9 Å². The highest BCUT2D eigenvalue weighted by Gasteiger charge is 2.25. The fraction of sp³-hybridized carbons (Fsp3) is 0.533. The van der Waals surface area contributed by atoms with E-state index in [1.54, 1.807) is 17.0 Å². The Balaban J connectivity index is 1.79. The summed E-state index contributed by atoms with van der Waals surface area (Å²) in [5.74, 6) is 1.07. The number of likely N-dealkylation sites (N-methyl/N-ethyl adjacent to an activating group) is 1. The summed E-state index contributed by atoms with van der Waals surface area (Å²) < 4.78 is 16.2. The van der Waals surface area contributed by atoms with E-state index in [2.05, 4.69) is 0 Å². The first-order chi connectivity index (χ1) is 10.2. The highest BCUT2D eigenvalue weighted by atomic mass is 16.7. The van der Waals surface area contributed by atoms with E-state index >= 15 is 0 Å². The lowest BCUT2D eigenvalue weighted by Crippen LogP contribution is -2.37. The predicted molar refractivity (Wildman–Crippen MR) is 77.5 cm³/mol. The third kappa shape index (κ3) is 2.76. The van der Waals surface area contributed by atoms with Crippen molar-refractivity contribution >= 4 is 11.6 Å². The zero-order valence-electron chi connectivity index (χ0n) is 12.1. The fourth-order valence-corrected chi connectivity index (χ4v) is 2.70. The number of nitrogens with zero attached hydrogens (tertiary/aromatic N) is 1. The minimum Gasteiger partial charge on any atom is -0.454 e. The summed E-state index contributed by atoms with van der Waals surface area (Å²) in [5, 5.41) is 0. The molecule has 114 valence electrons. The van der Waals surface area contributed by atoms with Gasteiger partial charge in [0.2, 0.25) is 6.79 Å². The molecule has 2 aliphatic rings. The molecule has 2 aliphatic heterocycles. The van der Waals surface area contributed by atoms with E-state index in [-0.39, 0.29) is 18.8 Å². The lowest BCUT2D eigenvalue weighted by molar-refractivity contribution is 0.0539. The summed E-state index contributed by atoms with van der Waals surface area (Å²) in [4.78, 5) is 14.4. The molecule has 3 rings (SSSR count). The van der Waals surface area contributed by atoms with Crippen LogP contribution in [-0.4, -0.2) is 43.4 Å². The van der Waals surface area contributed by atoms with Gasteiger partial charge in [-0.15, -0.1) is 0 Å². The van der Waals surface area contributed by atoms with Crippen LogP contribution in [0, 0.1) is 0 Å². The van der Waals surface area contributed by atoms with Gasteiger partial charge >= 0.3 is 0 Å². The first kappa shape index (κ1) is 14.0. The molecular weight excluding hydrogens is 272 g/mol. The average molecular weight is 292 g/mol. The zero-order chi connectivity index (χ0) is 14.8. The van der Waals surface area contributed by atoms with Crippen LogP contribution in [-0.2, 0) is 4.74 Å². The van der Waals surface area contributed by atoms with Crippen LogP contribution >= 0.6 is 0 Å². The lowest BCUT2D eigenvalue weighted by Gasteiger charge is -2.24. The second-order valence-corrected chi connectivity index (χ2v) is 5.27. The quantitative estimate of drug-likeness (QED) is 0.854. The van der Waals surface area contributed by atoms with Crippen molar-refractivity contribution < 1.29 is 19.0 Å². The van der Waals surface area contributed by atoms with Gasteiger partial charge in [-0.25, -0.2) is 0 Å². The van der Waals surface area contributed by atoms with E-state index < -0.39 is 0 Å². The molecule has 21 heavy (non-hydrogen) atoms. The Bertz CT molecular complexity index is 541. The third-order valence-electron chi connectivity index (χ3n) is 3.89. The van der Waals surface area contributed by atoms with Crippen molar-refractivity contribution in [1.82, 2.24) is 4.90 Å². The number of nitrogen functional groups attached to an aromatic ring is 1. The van der Waals surface area contributed by atoms with Gasteiger partial charge in [-0.3, -0.25) is 4.79 Å². The van der Waals surface area contributed by atoms with Crippen molar-refractivity contribution in [3.8, 4) is 11.5 Å². The number of fused-ring (bicyclic) bond motifs is 1. The molecular formula is C15H20N2O4. The van der Waals surface area contributed by atoms with E-state index in [9.17, 15) is 4.79 Å². The molecule has 0 saturated carbocycles. The molecule has 1 aromatic carbocycles. The predicted octanol–water partition coefficient (Wildman–Crippen LogP) is 1.64. The van der Waals surface area contributed by atoms with Gasteiger partial charge in [-0.1, -0.05) is 0 Å². The van der Waals surface area contributed by atoms with Crippen molar-refractivity contribution in [1.29, 1.82) is 0 Å². The summed E-state index contributed by atoms with van der Waals surface area (Å²) in [5.41, 5.74) is 6.85. The van der Waals surface area contributed by atoms with Crippen LogP contribution in [0.3, 0.4) is 0 Å². The summed E-state index contributed by atoms with van der Waals surface area (Å²) >= 11 is 0. The van der Waals surface area contributed by atoms with Crippen LogP contribution < -0.4 is 15.2 Å². The van der Waals surface area contributed by atoms with Crippen molar-refractivity contribution in [2.75, 3.05) is 32.2 Å². The number of rotatable bonds is 4. The summed E-state index contributed by atoms with van der Waals surface area (Å²) in [6.45, 7) is 4.12. The van der Waals surface area contributed by atoms with Gasteiger partial charge in [0.1, 0.15) is 0 Å². The number of hydrogen-bond acceptors (Lipinski definition) is 5. The largest absolute Gasteiger partial charge is 0.454 e. The molecule has 1 fully saturated rings. The average Bonchev–Trinajstić information content (AvgIpc) is 3.14. The number of amides is 1. The van der Waals surface area contributed by atoms with Gasteiger partial charge in [0.25, 0.3) is 5.91 Å². The Hall–Kier alpha value is -1.95. The third-order valence-corrected chi connectivity index (χ3v) is 3.89. The smallest absolute Gasteiger partial charge is 0.256 e. The van der Waals surface area contributed by atoms with E-state index in [0.717, 1.165) is 19.4 Å². The van der Waals surface area contributed by atoms with Crippen LogP contribution in [0.4, 0.5) is 5.69 Å². The fourth-order valence-electron chi connectivity index (χ4n) is 2.70. The molecule has 0 spiro atoms. The van der Waals surface area contributed by atoms with Crippen molar-refractivity contribution in [3.63, 3.8) is 0 Å². The van der Waals surface area contributed by atoms with Crippen LogP contribution in [0.15, 0.2) is 12.1 Å². The lowest BCUT2D eigenvalue weighted by atomic mass is 10.1. The Kier molecular flexibility index (Phi) is 3.88. The molecule has 0 aromatic heterocycles. The number of carbonyl (C=O) groups is 1. The number of anilines is 1. The number of benzene rings is 1. The van der Waals surface area contributed by atoms with Gasteiger partial charge in [0.05, 0.1) is 11.7 Å². The Morgan fingerprint density at radius 3 is 2.81 bits per heavy atom. The molecule has 2 heterocycles. The Labute approximate surface area is 123 Å². The van der Waals surface area contributed by atoms with Gasteiger partial charge < -0.3 is 24.8 Å². The maximum atomic E-state index is 12.7.